The van der Waals surface area contributed by atoms with E-state index in [-0.39, 0.29) is 0 Å². The van der Waals surface area contributed by atoms with Crippen LogP contribution in [0.2, 0.25) is 0 Å². The van der Waals surface area contributed by atoms with Gasteiger partial charge >= 0.3 is 0 Å². The lowest BCUT2D eigenvalue weighted by atomic mass is 10.0. The summed E-state index contributed by atoms with van der Waals surface area (Å²) in [5, 5.41) is 15.5. The number of anilines is 1. The molecule has 0 bridgehead atoms. The van der Waals surface area contributed by atoms with E-state index in [4.69, 9.17) is 0 Å². The van der Waals surface area contributed by atoms with Gasteiger partial charge in [-0.1, -0.05) is 11.3 Å². The molecule has 0 saturated carbocycles. The van der Waals surface area contributed by atoms with Gasteiger partial charge in [0.15, 0.2) is 0 Å². The summed E-state index contributed by atoms with van der Waals surface area (Å²) in [5.74, 6) is 0. The second-order valence-corrected chi connectivity index (χ2v) is 4.30. The number of piperidine rings is 1. The third kappa shape index (κ3) is 2.38. The molecule has 1 fully saturated rings. The lowest BCUT2D eigenvalue weighted by molar-refractivity contribution is 0.396. The molecule has 0 aliphatic carbocycles. The van der Waals surface area contributed by atoms with Gasteiger partial charge in [0.25, 0.3) is 0 Å². The van der Waals surface area contributed by atoms with Gasteiger partial charge in [0, 0.05) is 12.1 Å². The van der Waals surface area contributed by atoms with E-state index in [0.717, 1.165) is 11.7 Å². The average molecular weight is 198 g/mol. The molecule has 0 aromatic carbocycles. The summed E-state index contributed by atoms with van der Waals surface area (Å²) < 4.78 is 0. The van der Waals surface area contributed by atoms with E-state index in [9.17, 15) is 0 Å². The van der Waals surface area contributed by atoms with E-state index < -0.39 is 0 Å². The van der Waals surface area contributed by atoms with E-state index in [1.54, 1.807) is 16.8 Å². The van der Waals surface area contributed by atoms with E-state index in [2.05, 4.69) is 27.8 Å². The number of nitrogens with one attached hydrogen (secondary N) is 2. The molecule has 1 aromatic heterocycles. The third-order valence-corrected chi connectivity index (χ3v) is 2.93. The fraction of sp³-hybridized carbons (Fsp3) is 0.750. The standard InChI is InChI=1S/C8H14N4S/c1-6-4-7(2-3-9-6)11-8-12-10-5-13-8/h5-7,9H,2-4H2,1H3,(H,11,12). The zero-order valence-electron chi connectivity index (χ0n) is 7.66. The molecule has 0 spiro atoms. The summed E-state index contributed by atoms with van der Waals surface area (Å²) in [4.78, 5) is 0. The van der Waals surface area contributed by atoms with Crippen molar-refractivity contribution in [1.82, 2.24) is 15.5 Å². The average Bonchev–Trinajstić information content (AvgIpc) is 2.57. The summed E-state index contributed by atoms with van der Waals surface area (Å²) in [7, 11) is 0. The molecule has 1 aliphatic heterocycles. The second kappa shape index (κ2) is 4.02. The maximum Gasteiger partial charge on any atom is 0.205 e. The first-order valence-electron chi connectivity index (χ1n) is 4.60. The van der Waals surface area contributed by atoms with E-state index in [1.807, 2.05) is 0 Å². The number of rotatable bonds is 2. The molecule has 2 N–H and O–H groups in total. The van der Waals surface area contributed by atoms with Crippen LogP contribution in [-0.4, -0.2) is 28.8 Å². The van der Waals surface area contributed by atoms with Crippen LogP contribution < -0.4 is 10.6 Å². The van der Waals surface area contributed by atoms with Gasteiger partial charge in [0.2, 0.25) is 5.13 Å². The largest absolute Gasteiger partial charge is 0.357 e. The van der Waals surface area contributed by atoms with Crippen LogP contribution in [0.25, 0.3) is 0 Å². The lowest BCUT2D eigenvalue weighted by Crippen LogP contribution is -2.41. The van der Waals surface area contributed by atoms with Crippen molar-refractivity contribution in [3.63, 3.8) is 0 Å². The Morgan fingerprint density at radius 2 is 2.62 bits per heavy atom. The normalized spacial score (nSPS) is 28.7. The Hall–Kier alpha value is -0.680. The molecule has 5 heteroatoms. The lowest BCUT2D eigenvalue weighted by Gasteiger charge is -2.28. The van der Waals surface area contributed by atoms with Crippen molar-refractivity contribution in [2.24, 2.45) is 0 Å². The molecule has 2 heterocycles. The fourth-order valence-corrected chi connectivity index (χ4v) is 2.20. The highest BCUT2D eigenvalue weighted by Crippen LogP contribution is 2.16. The molecular formula is C8H14N4S. The third-order valence-electron chi connectivity index (χ3n) is 2.31. The Morgan fingerprint density at radius 1 is 1.69 bits per heavy atom. The van der Waals surface area contributed by atoms with Gasteiger partial charge in [-0.25, -0.2) is 0 Å². The topological polar surface area (TPSA) is 49.8 Å². The molecule has 1 saturated heterocycles. The molecule has 2 rings (SSSR count). The van der Waals surface area contributed by atoms with Crippen molar-refractivity contribution in [3.05, 3.63) is 5.51 Å². The number of hydrogen-bond acceptors (Lipinski definition) is 5. The van der Waals surface area contributed by atoms with Gasteiger partial charge in [-0.15, -0.1) is 10.2 Å². The Kier molecular flexibility index (Phi) is 2.75. The van der Waals surface area contributed by atoms with Crippen molar-refractivity contribution in [2.75, 3.05) is 11.9 Å². The SMILES string of the molecule is CC1CC(Nc2nncs2)CCN1. The quantitative estimate of drug-likeness (QED) is 0.747. The maximum atomic E-state index is 3.97. The van der Waals surface area contributed by atoms with Crippen LogP contribution in [0.4, 0.5) is 5.13 Å². The molecule has 0 amide bonds. The number of nitrogens with zero attached hydrogens (tertiary/aromatic N) is 2. The smallest absolute Gasteiger partial charge is 0.205 e. The molecule has 13 heavy (non-hydrogen) atoms. The van der Waals surface area contributed by atoms with Gasteiger partial charge in [-0.2, -0.15) is 0 Å². The first kappa shape index (κ1) is 8.90. The highest BCUT2D eigenvalue weighted by atomic mass is 32.1. The number of hydrogen-bond donors (Lipinski definition) is 2. The monoisotopic (exact) mass is 198 g/mol. The number of aromatic nitrogens is 2. The van der Waals surface area contributed by atoms with Crippen LogP contribution in [0.1, 0.15) is 19.8 Å². The van der Waals surface area contributed by atoms with Crippen molar-refractivity contribution >= 4 is 16.5 Å². The van der Waals surface area contributed by atoms with E-state index in [0.29, 0.717) is 12.1 Å². The minimum Gasteiger partial charge on any atom is -0.357 e. The fourth-order valence-electron chi connectivity index (χ4n) is 1.67. The minimum absolute atomic E-state index is 0.559. The molecule has 1 aliphatic rings. The Labute approximate surface area is 81.8 Å². The van der Waals surface area contributed by atoms with Crippen LogP contribution in [-0.2, 0) is 0 Å². The predicted octanol–water partition coefficient (Wildman–Crippen LogP) is 1.09. The van der Waals surface area contributed by atoms with Crippen LogP contribution >= 0.6 is 11.3 Å². The zero-order valence-corrected chi connectivity index (χ0v) is 8.47. The van der Waals surface area contributed by atoms with Crippen molar-refractivity contribution < 1.29 is 0 Å². The maximum absolute atomic E-state index is 3.97. The first-order valence-corrected chi connectivity index (χ1v) is 5.48. The second-order valence-electron chi connectivity index (χ2n) is 3.46. The van der Waals surface area contributed by atoms with Gasteiger partial charge in [0.05, 0.1) is 0 Å². The van der Waals surface area contributed by atoms with Gasteiger partial charge in [-0.05, 0) is 26.3 Å². The molecule has 4 nitrogen and oxygen atoms in total. The summed E-state index contributed by atoms with van der Waals surface area (Å²) in [6.45, 7) is 3.31. The Balaban J connectivity index is 1.87. The van der Waals surface area contributed by atoms with E-state index >= 15 is 0 Å². The molecule has 1 aromatic rings. The summed E-state index contributed by atoms with van der Waals surface area (Å²) in [6.07, 6.45) is 2.34. The molecule has 2 unspecified atom stereocenters. The van der Waals surface area contributed by atoms with E-state index in [1.165, 1.54) is 12.8 Å². The molecule has 72 valence electrons. The highest BCUT2D eigenvalue weighted by Gasteiger charge is 2.18. The first-order chi connectivity index (χ1) is 6.34. The molecule has 2 atom stereocenters. The van der Waals surface area contributed by atoms with Crippen LogP contribution in [0.15, 0.2) is 5.51 Å². The van der Waals surface area contributed by atoms with Crippen LogP contribution in [0.3, 0.4) is 0 Å². The summed E-state index contributed by atoms with van der Waals surface area (Å²) >= 11 is 1.56. The van der Waals surface area contributed by atoms with Crippen molar-refractivity contribution in [3.8, 4) is 0 Å². The van der Waals surface area contributed by atoms with Crippen molar-refractivity contribution in [2.45, 2.75) is 31.8 Å². The predicted molar refractivity (Wildman–Crippen MR) is 54.0 cm³/mol. The Morgan fingerprint density at radius 3 is 3.31 bits per heavy atom. The minimum atomic E-state index is 0.559. The van der Waals surface area contributed by atoms with Crippen LogP contribution in [0.5, 0.6) is 0 Å². The molecule has 0 radical (unpaired) electrons. The van der Waals surface area contributed by atoms with Crippen molar-refractivity contribution in [1.29, 1.82) is 0 Å². The van der Waals surface area contributed by atoms with Gasteiger partial charge < -0.3 is 10.6 Å². The summed E-state index contributed by atoms with van der Waals surface area (Å²) in [6, 6.07) is 1.17. The van der Waals surface area contributed by atoms with Gasteiger partial charge in [-0.3, -0.25) is 0 Å². The highest BCUT2D eigenvalue weighted by molar-refractivity contribution is 7.13. The summed E-state index contributed by atoms with van der Waals surface area (Å²) in [5.41, 5.74) is 1.76. The Bertz CT molecular complexity index is 249. The molecular weight excluding hydrogens is 184 g/mol. The van der Waals surface area contributed by atoms with Gasteiger partial charge in [0.1, 0.15) is 5.51 Å². The zero-order chi connectivity index (χ0) is 9.10. The van der Waals surface area contributed by atoms with Crippen LogP contribution in [0, 0.1) is 0 Å².